The van der Waals surface area contributed by atoms with Crippen molar-refractivity contribution >= 4 is 46.8 Å². The molecular formula is C20H21Cl2N3O3S. The lowest BCUT2D eigenvalue weighted by Gasteiger charge is -2.34. The van der Waals surface area contributed by atoms with E-state index in [4.69, 9.17) is 28.9 Å². The SMILES string of the molecule is NC(CC(=O)N1CCC(Sc2ccccn2)CC1)(C(=O)O)c1ccc(Cl)cc1Cl. The molecule has 1 aromatic heterocycles. The molecule has 9 heteroatoms. The number of aliphatic carboxylic acids is 1. The molecule has 1 saturated heterocycles. The first-order valence-electron chi connectivity index (χ1n) is 9.13. The Morgan fingerprint density at radius 2 is 1.97 bits per heavy atom. The summed E-state index contributed by atoms with van der Waals surface area (Å²) < 4.78 is 0. The number of hydrogen-bond acceptors (Lipinski definition) is 5. The van der Waals surface area contributed by atoms with Gasteiger partial charge in [0.05, 0.1) is 11.4 Å². The summed E-state index contributed by atoms with van der Waals surface area (Å²) in [6.07, 6.45) is 3.00. The third kappa shape index (κ3) is 5.22. The van der Waals surface area contributed by atoms with Crippen LogP contribution in [0, 0.1) is 0 Å². The van der Waals surface area contributed by atoms with Crippen LogP contribution in [0.25, 0.3) is 0 Å². The quantitative estimate of drug-likeness (QED) is 0.690. The highest BCUT2D eigenvalue weighted by Crippen LogP contribution is 2.33. The molecule has 0 spiro atoms. The van der Waals surface area contributed by atoms with Crippen LogP contribution in [0.4, 0.5) is 0 Å². The lowest BCUT2D eigenvalue weighted by Crippen LogP contribution is -2.50. The molecule has 3 N–H and O–H groups in total. The summed E-state index contributed by atoms with van der Waals surface area (Å²) in [5.74, 6) is -1.61. The number of nitrogens with zero attached hydrogens (tertiary/aromatic N) is 2. The highest BCUT2D eigenvalue weighted by atomic mass is 35.5. The van der Waals surface area contributed by atoms with Crippen molar-refractivity contribution in [3.05, 3.63) is 58.2 Å². The number of halogens is 2. The van der Waals surface area contributed by atoms with Crippen molar-refractivity contribution in [2.75, 3.05) is 13.1 Å². The Labute approximate surface area is 183 Å². The third-order valence-electron chi connectivity index (χ3n) is 4.94. The molecule has 3 rings (SSSR count). The molecule has 29 heavy (non-hydrogen) atoms. The van der Waals surface area contributed by atoms with Crippen molar-refractivity contribution in [2.24, 2.45) is 5.73 Å². The molecule has 1 atom stereocenters. The lowest BCUT2D eigenvalue weighted by atomic mass is 9.86. The monoisotopic (exact) mass is 453 g/mol. The molecule has 2 heterocycles. The van der Waals surface area contributed by atoms with Gasteiger partial charge in [0, 0.05) is 40.1 Å². The van der Waals surface area contributed by atoms with Gasteiger partial charge in [-0.15, -0.1) is 11.8 Å². The maximum absolute atomic E-state index is 12.8. The summed E-state index contributed by atoms with van der Waals surface area (Å²) in [4.78, 5) is 30.8. The van der Waals surface area contributed by atoms with Crippen LogP contribution in [0.2, 0.25) is 10.0 Å². The fraction of sp³-hybridized carbons (Fsp3) is 0.350. The molecule has 6 nitrogen and oxygen atoms in total. The van der Waals surface area contributed by atoms with Gasteiger partial charge >= 0.3 is 5.97 Å². The predicted molar refractivity (Wildman–Crippen MR) is 114 cm³/mol. The number of amides is 1. The molecule has 2 aromatic rings. The van der Waals surface area contributed by atoms with E-state index in [2.05, 4.69) is 4.98 Å². The first kappa shape index (κ1) is 21.9. The van der Waals surface area contributed by atoms with Gasteiger partial charge < -0.3 is 15.7 Å². The molecule has 0 bridgehead atoms. The number of carboxylic acids is 1. The van der Waals surface area contributed by atoms with Gasteiger partial charge in [-0.2, -0.15) is 0 Å². The van der Waals surface area contributed by atoms with Crippen LogP contribution in [-0.4, -0.2) is 45.2 Å². The fourth-order valence-electron chi connectivity index (χ4n) is 3.30. The Balaban J connectivity index is 1.64. The minimum Gasteiger partial charge on any atom is -0.480 e. The standard InChI is InChI=1S/C20H21Cl2N3O3S/c21-13-4-5-15(16(22)11-13)20(23,19(27)28)12-18(26)25-9-6-14(7-10-25)29-17-3-1-2-8-24-17/h1-5,8,11,14H,6-7,9-10,12,23H2,(H,27,28). The topological polar surface area (TPSA) is 96.5 Å². The molecule has 1 aliphatic rings. The number of aromatic nitrogens is 1. The van der Waals surface area contributed by atoms with Crippen LogP contribution in [0.1, 0.15) is 24.8 Å². The number of carboxylic acid groups (broad SMARTS) is 1. The number of piperidine rings is 1. The molecule has 1 unspecified atom stereocenters. The van der Waals surface area contributed by atoms with Crippen molar-refractivity contribution in [2.45, 2.75) is 35.1 Å². The van der Waals surface area contributed by atoms with E-state index < -0.39 is 11.5 Å². The zero-order valence-corrected chi connectivity index (χ0v) is 17.9. The van der Waals surface area contributed by atoms with Gasteiger partial charge in [-0.05, 0) is 37.1 Å². The average molecular weight is 454 g/mol. The van der Waals surface area contributed by atoms with Crippen LogP contribution in [-0.2, 0) is 15.1 Å². The molecule has 0 radical (unpaired) electrons. The molecule has 154 valence electrons. The molecule has 1 fully saturated rings. The second-order valence-corrected chi connectivity index (χ2v) is 9.11. The first-order valence-corrected chi connectivity index (χ1v) is 10.8. The minimum atomic E-state index is -1.92. The number of rotatable bonds is 6. The highest BCUT2D eigenvalue weighted by molar-refractivity contribution is 7.99. The predicted octanol–water partition coefficient (Wildman–Crippen LogP) is 3.80. The molecule has 1 aromatic carbocycles. The van der Waals surface area contributed by atoms with Gasteiger partial charge in [0.2, 0.25) is 5.91 Å². The normalized spacial score (nSPS) is 17.0. The van der Waals surface area contributed by atoms with Crippen molar-refractivity contribution in [3.8, 4) is 0 Å². The number of pyridine rings is 1. The van der Waals surface area contributed by atoms with Crippen LogP contribution in [0.15, 0.2) is 47.6 Å². The van der Waals surface area contributed by atoms with E-state index in [1.54, 1.807) is 22.9 Å². The summed E-state index contributed by atoms with van der Waals surface area (Å²) in [7, 11) is 0. The first-order chi connectivity index (χ1) is 13.8. The van der Waals surface area contributed by atoms with Gasteiger partial charge in [0.15, 0.2) is 5.54 Å². The number of carbonyl (C=O) groups excluding carboxylic acids is 1. The Hall–Kier alpha value is -1.80. The Morgan fingerprint density at radius 3 is 2.55 bits per heavy atom. The number of carbonyl (C=O) groups is 2. The maximum atomic E-state index is 12.8. The number of likely N-dealkylation sites (tertiary alicyclic amines) is 1. The van der Waals surface area contributed by atoms with E-state index in [0.29, 0.717) is 23.4 Å². The van der Waals surface area contributed by atoms with Gasteiger partial charge in [-0.1, -0.05) is 35.3 Å². The summed E-state index contributed by atoms with van der Waals surface area (Å²) in [5.41, 5.74) is 4.42. The van der Waals surface area contributed by atoms with Crippen LogP contribution in [0.5, 0.6) is 0 Å². The van der Waals surface area contributed by atoms with Crippen LogP contribution in [0.3, 0.4) is 0 Å². The zero-order chi connectivity index (χ0) is 21.0. The van der Waals surface area contributed by atoms with E-state index in [9.17, 15) is 14.7 Å². The van der Waals surface area contributed by atoms with E-state index >= 15 is 0 Å². The van der Waals surface area contributed by atoms with E-state index in [1.165, 1.54) is 18.2 Å². The zero-order valence-electron chi connectivity index (χ0n) is 15.6. The van der Waals surface area contributed by atoms with Gasteiger partial charge in [0.1, 0.15) is 0 Å². The van der Waals surface area contributed by atoms with Gasteiger partial charge in [0.25, 0.3) is 0 Å². The largest absolute Gasteiger partial charge is 0.480 e. The summed E-state index contributed by atoms with van der Waals surface area (Å²) in [6, 6.07) is 10.2. The molecule has 0 aliphatic carbocycles. The Morgan fingerprint density at radius 1 is 1.24 bits per heavy atom. The Bertz CT molecular complexity index is 892. The van der Waals surface area contributed by atoms with E-state index in [-0.39, 0.29) is 22.9 Å². The van der Waals surface area contributed by atoms with E-state index in [0.717, 1.165) is 17.9 Å². The second kappa shape index (κ2) is 9.34. The molecule has 1 amide bonds. The van der Waals surface area contributed by atoms with Gasteiger partial charge in [-0.3, -0.25) is 4.79 Å². The smallest absolute Gasteiger partial charge is 0.328 e. The minimum absolute atomic E-state index is 0.126. The van der Waals surface area contributed by atoms with Crippen molar-refractivity contribution in [1.29, 1.82) is 0 Å². The fourth-order valence-corrected chi connectivity index (χ4v) is 4.94. The van der Waals surface area contributed by atoms with Gasteiger partial charge in [-0.25, -0.2) is 9.78 Å². The molecule has 1 aliphatic heterocycles. The summed E-state index contributed by atoms with van der Waals surface area (Å²) >= 11 is 13.8. The number of hydrogen-bond donors (Lipinski definition) is 2. The van der Waals surface area contributed by atoms with Crippen LogP contribution < -0.4 is 5.73 Å². The number of thioether (sulfide) groups is 1. The second-order valence-electron chi connectivity index (χ2n) is 6.94. The third-order valence-corrected chi connectivity index (χ3v) is 6.78. The molecule has 0 saturated carbocycles. The van der Waals surface area contributed by atoms with Crippen LogP contribution >= 0.6 is 35.0 Å². The summed E-state index contributed by atoms with van der Waals surface area (Å²) in [5, 5.41) is 11.5. The average Bonchev–Trinajstić information content (AvgIpc) is 2.69. The van der Waals surface area contributed by atoms with Crippen molar-refractivity contribution < 1.29 is 14.7 Å². The van der Waals surface area contributed by atoms with Crippen molar-refractivity contribution in [3.63, 3.8) is 0 Å². The lowest BCUT2D eigenvalue weighted by molar-refractivity contribution is -0.148. The highest BCUT2D eigenvalue weighted by Gasteiger charge is 2.41. The number of nitrogens with two attached hydrogens (primary N) is 1. The molecular weight excluding hydrogens is 433 g/mol. The maximum Gasteiger partial charge on any atom is 0.328 e. The number of benzene rings is 1. The summed E-state index contributed by atoms with van der Waals surface area (Å²) in [6.45, 7) is 1.10. The Kier molecular flexibility index (Phi) is 7.05. The van der Waals surface area contributed by atoms with Crippen molar-refractivity contribution in [1.82, 2.24) is 9.88 Å². The van der Waals surface area contributed by atoms with E-state index in [1.807, 2.05) is 18.2 Å².